The quantitative estimate of drug-likeness (QED) is 0.824. The van der Waals surface area contributed by atoms with Gasteiger partial charge in [0, 0.05) is 15.4 Å². The van der Waals surface area contributed by atoms with E-state index in [9.17, 15) is 4.79 Å². The van der Waals surface area contributed by atoms with Gasteiger partial charge in [-0.05, 0) is 43.7 Å². The number of carbonyl (C=O) groups excluding carboxylic acids is 1. The molecule has 20 heavy (non-hydrogen) atoms. The molecule has 1 heterocycles. The molecule has 0 aliphatic carbocycles. The van der Waals surface area contributed by atoms with E-state index in [1.165, 1.54) is 0 Å². The Kier molecular flexibility index (Phi) is 5.38. The molecule has 1 fully saturated rings. The number of halogens is 1. The molecule has 1 aliphatic heterocycles. The van der Waals surface area contributed by atoms with Gasteiger partial charge in [0.1, 0.15) is 5.54 Å². The predicted molar refractivity (Wildman–Crippen MR) is 88.3 cm³/mol. The Hall–Kier alpha value is -0.680. The minimum absolute atomic E-state index is 0.139. The summed E-state index contributed by atoms with van der Waals surface area (Å²) in [6.45, 7) is 4.37. The molecule has 2 rings (SSSR count). The van der Waals surface area contributed by atoms with Crippen molar-refractivity contribution in [2.75, 3.05) is 17.7 Å². The highest BCUT2D eigenvalue weighted by molar-refractivity contribution is 9.10. The monoisotopic (exact) mass is 357 g/mol. The highest BCUT2D eigenvalue weighted by Gasteiger charge is 2.46. The molecule has 2 atom stereocenters. The molecule has 0 spiro atoms. The van der Waals surface area contributed by atoms with Gasteiger partial charge in [0.15, 0.2) is 0 Å². The molecule has 1 N–H and O–H groups in total. The Balaban J connectivity index is 2.28. The SMILES string of the molecule is CCOC(=O)C1(Nc2cccc(Br)c2)CCCSC1C. The van der Waals surface area contributed by atoms with E-state index in [-0.39, 0.29) is 11.2 Å². The summed E-state index contributed by atoms with van der Waals surface area (Å²) in [5.74, 6) is 0.960. The summed E-state index contributed by atoms with van der Waals surface area (Å²) in [6.07, 6.45) is 1.83. The van der Waals surface area contributed by atoms with Gasteiger partial charge in [0.25, 0.3) is 0 Å². The van der Waals surface area contributed by atoms with Gasteiger partial charge in [-0.2, -0.15) is 11.8 Å². The number of anilines is 1. The molecular formula is C15H20BrNO2S. The van der Waals surface area contributed by atoms with Crippen molar-refractivity contribution in [3.8, 4) is 0 Å². The third kappa shape index (κ3) is 3.31. The van der Waals surface area contributed by atoms with Gasteiger partial charge in [-0.25, -0.2) is 4.79 Å². The van der Waals surface area contributed by atoms with Crippen LogP contribution in [-0.4, -0.2) is 29.1 Å². The van der Waals surface area contributed by atoms with Crippen LogP contribution in [0.4, 0.5) is 5.69 Å². The maximum Gasteiger partial charge on any atom is 0.332 e. The fraction of sp³-hybridized carbons (Fsp3) is 0.533. The molecule has 0 saturated carbocycles. The van der Waals surface area contributed by atoms with Crippen LogP contribution in [0, 0.1) is 0 Å². The second-order valence-corrected chi connectivity index (χ2v) is 7.31. The molecule has 0 radical (unpaired) electrons. The molecule has 0 bridgehead atoms. The average molecular weight is 358 g/mol. The Labute approximate surface area is 133 Å². The summed E-state index contributed by atoms with van der Waals surface area (Å²) in [5, 5.41) is 3.63. The molecule has 2 unspecified atom stereocenters. The number of ether oxygens (including phenoxy) is 1. The molecule has 3 nitrogen and oxygen atoms in total. The molecule has 110 valence electrons. The lowest BCUT2D eigenvalue weighted by atomic mass is 9.89. The smallest absolute Gasteiger partial charge is 0.332 e. The fourth-order valence-corrected chi connectivity index (χ4v) is 4.14. The van der Waals surface area contributed by atoms with Gasteiger partial charge in [0.2, 0.25) is 0 Å². The van der Waals surface area contributed by atoms with Crippen LogP contribution in [0.2, 0.25) is 0 Å². The Morgan fingerprint density at radius 1 is 1.60 bits per heavy atom. The first-order valence-electron chi connectivity index (χ1n) is 6.91. The summed E-state index contributed by atoms with van der Waals surface area (Å²) >= 11 is 5.29. The van der Waals surface area contributed by atoms with Crippen molar-refractivity contribution in [2.45, 2.75) is 37.5 Å². The van der Waals surface area contributed by atoms with Crippen molar-refractivity contribution >= 4 is 39.3 Å². The van der Waals surface area contributed by atoms with Gasteiger partial charge in [0.05, 0.1) is 6.61 Å². The average Bonchev–Trinajstić information content (AvgIpc) is 2.42. The van der Waals surface area contributed by atoms with Crippen molar-refractivity contribution in [1.29, 1.82) is 0 Å². The van der Waals surface area contributed by atoms with Crippen LogP contribution < -0.4 is 5.32 Å². The highest BCUT2D eigenvalue weighted by Crippen LogP contribution is 2.38. The van der Waals surface area contributed by atoms with Crippen LogP contribution in [0.15, 0.2) is 28.7 Å². The zero-order valence-corrected chi connectivity index (χ0v) is 14.2. The molecule has 1 aromatic rings. The first-order valence-corrected chi connectivity index (χ1v) is 8.75. The predicted octanol–water partition coefficient (Wildman–Crippen LogP) is 4.08. The number of nitrogens with one attached hydrogen (secondary N) is 1. The number of hydrogen-bond donors (Lipinski definition) is 1. The molecule has 1 aliphatic rings. The highest BCUT2D eigenvalue weighted by atomic mass is 79.9. The number of carbonyl (C=O) groups is 1. The third-order valence-electron chi connectivity index (χ3n) is 3.61. The summed E-state index contributed by atoms with van der Waals surface area (Å²) < 4.78 is 6.33. The van der Waals surface area contributed by atoms with Crippen LogP contribution in [0.5, 0.6) is 0 Å². The van der Waals surface area contributed by atoms with Gasteiger partial charge in [-0.3, -0.25) is 0 Å². The molecule has 1 saturated heterocycles. The van der Waals surface area contributed by atoms with Gasteiger partial charge < -0.3 is 10.1 Å². The van der Waals surface area contributed by atoms with Gasteiger partial charge >= 0.3 is 5.97 Å². The Bertz CT molecular complexity index is 483. The lowest BCUT2D eigenvalue weighted by molar-refractivity contribution is -0.148. The van der Waals surface area contributed by atoms with Crippen LogP contribution in [0.25, 0.3) is 0 Å². The number of esters is 1. The fourth-order valence-electron chi connectivity index (χ4n) is 2.52. The largest absolute Gasteiger partial charge is 0.464 e. The zero-order chi connectivity index (χ0) is 14.6. The van der Waals surface area contributed by atoms with E-state index in [2.05, 4.69) is 28.2 Å². The molecular weight excluding hydrogens is 338 g/mol. The maximum absolute atomic E-state index is 12.5. The summed E-state index contributed by atoms with van der Waals surface area (Å²) in [6, 6.07) is 7.91. The lowest BCUT2D eigenvalue weighted by Gasteiger charge is -2.41. The van der Waals surface area contributed by atoms with E-state index in [4.69, 9.17) is 4.74 Å². The molecule has 0 amide bonds. The van der Waals surface area contributed by atoms with Gasteiger partial charge in [-0.15, -0.1) is 0 Å². The van der Waals surface area contributed by atoms with Crippen LogP contribution in [-0.2, 0) is 9.53 Å². The van der Waals surface area contributed by atoms with Crippen molar-refractivity contribution in [2.24, 2.45) is 0 Å². The molecule has 1 aromatic carbocycles. The van der Waals surface area contributed by atoms with E-state index in [0.717, 1.165) is 28.8 Å². The third-order valence-corrected chi connectivity index (χ3v) is 5.53. The standard InChI is InChI=1S/C15H20BrNO2S/c1-3-19-14(18)15(8-5-9-20-11(15)2)17-13-7-4-6-12(16)10-13/h4,6-7,10-11,17H,3,5,8-9H2,1-2H3. The number of benzene rings is 1. The first-order chi connectivity index (χ1) is 9.58. The number of rotatable bonds is 4. The topological polar surface area (TPSA) is 38.3 Å². The molecule has 5 heteroatoms. The molecule has 0 aromatic heterocycles. The van der Waals surface area contributed by atoms with Crippen molar-refractivity contribution in [1.82, 2.24) is 0 Å². The van der Waals surface area contributed by atoms with Crippen LogP contribution >= 0.6 is 27.7 Å². The number of thioether (sulfide) groups is 1. The second-order valence-electron chi connectivity index (χ2n) is 4.94. The van der Waals surface area contributed by atoms with E-state index in [1.807, 2.05) is 43.0 Å². The van der Waals surface area contributed by atoms with E-state index < -0.39 is 5.54 Å². The summed E-state index contributed by atoms with van der Waals surface area (Å²) in [5.41, 5.74) is 0.321. The lowest BCUT2D eigenvalue weighted by Crippen LogP contribution is -2.56. The van der Waals surface area contributed by atoms with Crippen molar-refractivity contribution in [3.05, 3.63) is 28.7 Å². The van der Waals surface area contributed by atoms with Crippen molar-refractivity contribution < 1.29 is 9.53 Å². The van der Waals surface area contributed by atoms with E-state index >= 15 is 0 Å². The van der Waals surface area contributed by atoms with Crippen molar-refractivity contribution in [3.63, 3.8) is 0 Å². The minimum Gasteiger partial charge on any atom is -0.464 e. The normalized spacial score (nSPS) is 26.1. The second kappa shape index (κ2) is 6.85. The van der Waals surface area contributed by atoms with E-state index in [1.54, 1.807) is 0 Å². The van der Waals surface area contributed by atoms with Gasteiger partial charge in [-0.1, -0.05) is 28.9 Å². The maximum atomic E-state index is 12.5. The zero-order valence-electron chi connectivity index (χ0n) is 11.8. The Morgan fingerprint density at radius 3 is 3.05 bits per heavy atom. The first kappa shape index (κ1) is 15.7. The number of hydrogen-bond acceptors (Lipinski definition) is 4. The Morgan fingerprint density at radius 2 is 2.40 bits per heavy atom. The summed E-state index contributed by atoms with van der Waals surface area (Å²) in [7, 11) is 0. The van der Waals surface area contributed by atoms with Crippen LogP contribution in [0.3, 0.4) is 0 Å². The van der Waals surface area contributed by atoms with Crippen LogP contribution in [0.1, 0.15) is 26.7 Å². The minimum atomic E-state index is -0.625. The summed E-state index contributed by atoms with van der Waals surface area (Å²) in [4.78, 5) is 12.5. The van der Waals surface area contributed by atoms with E-state index in [0.29, 0.717) is 6.61 Å².